The second kappa shape index (κ2) is 15.1. The molecule has 4 fully saturated rings. The Morgan fingerprint density at radius 2 is 1.59 bits per heavy atom. The number of ether oxygens (including phenoxy) is 3. The number of hydroxylamine groups is 2. The van der Waals surface area contributed by atoms with Crippen LogP contribution in [0.3, 0.4) is 0 Å². The molecule has 54 heavy (non-hydrogen) atoms. The van der Waals surface area contributed by atoms with Gasteiger partial charge in [0, 0.05) is 44.3 Å². The van der Waals surface area contributed by atoms with Gasteiger partial charge >= 0.3 is 5.97 Å². The zero-order valence-electron chi connectivity index (χ0n) is 30.2. The van der Waals surface area contributed by atoms with Gasteiger partial charge in [0.2, 0.25) is 23.5 Å². The summed E-state index contributed by atoms with van der Waals surface area (Å²) in [7, 11) is 3.33. The summed E-state index contributed by atoms with van der Waals surface area (Å²) in [5, 5.41) is 26.6. The fourth-order valence-electron chi connectivity index (χ4n) is 7.89. The van der Waals surface area contributed by atoms with Gasteiger partial charge in [-0.15, -0.1) is 0 Å². The number of aliphatic hydroxyl groups is 2. The molecule has 14 nitrogen and oxygen atoms in total. The average molecular weight is 741 g/mol. The first kappa shape index (κ1) is 37.4. The molecule has 0 aromatic heterocycles. The average Bonchev–Trinajstić information content (AvgIpc) is 3.76. The minimum atomic E-state index is -1.65. The third kappa shape index (κ3) is 6.59. The standard InChI is InChI=1S/C40H44N4O10/c1-24(46)31(36(48)41-20-21-45)42-38(50)39-22-29-32-33(53-40(52-32,27-10-6-4-7-11-27)28-12-8-5-9-13-28)35(39)54-44(34(39)37(49)51-29)23-26-16-14-25(15-17-26)18-19-30(47)43(2)3/h4-19,24,29,31-35,45-46H,20-23H2,1-3H3,(H,41,48)(H,42,50)/t24-,29+,31+,32-,33-,34-,35+,39-/m0/s1. The molecule has 3 amide bonds. The van der Waals surface area contributed by atoms with Crippen LogP contribution >= 0.6 is 0 Å². The van der Waals surface area contributed by atoms with Crippen LogP contribution in [0, 0.1) is 5.41 Å². The van der Waals surface area contributed by atoms with Crippen molar-refractivity contribution in [3.05, 3.63) is 113 Å². The molecule has 0 spiro atoms. The quantitative estimate of drug-likeness (QED) is 0.155. The number of benzene rings is 3. The number of nitrogens with zero attached hydrogens (tertiary/aromatic N) is 2. The smallest absolute Gasteiger partial charge is 0.327 e. The van der Waals surface area contributed by atoms with E-state index in [9.17, 15) is 29.4 Å². The Morgan fingerprint density at radius 1 is 0.963 bits per heavy atom. The SMILES string of the molecule is C[C@H](O)[C@@H](NC(=O)[C@@]12C[C@H]3OC(=O)[C@@H]1N(Cc1ccc(C=CC(=O)N(C)C)cc1)O[C@@H]2[C@H]1OC(c2ccccc2)(c2ccccc2)O[C@H]13)C(=O)NCCO. The maximum absolute atomic E-state index is 14.8. The molecule has 1 aliphatic carbocycles. The summed E-state index contributed by atoms with van der Waals surface area (Å²) in [6, 6.07) is 23.4. The van der Waals surface area contributed by atoms with Gasteiger partial charge in [-0.3, -0.25) is 24.0 Å². The number of esters is 1. The molecule has 4 N–H and O–H groups in total. The summed E-state index contributed by atoms with van der Waals surface area (Å²) in [5.41, 5.74) is 1.25. The molecule has 14 heteroatoms. The number of hydrogen-bond acceptors (Lipinski definition) is 11. The van der Waals surface area contributed by atoms with Crippen molar-refractivity contribution >= 4 is 29.8 Å². The molecule has 0 radical (unpaired) electrons. The topological polar surface area (TPSA) is 176 Å². The van der Waals surface area contributed by atoms with Gasteiger partial charge in [-0.05, 0) is 24.1 Å². The first-order valence-corrected chi connectivity index (χ1v) is 17.9. The van der Waals surface area contributed by atoms with Gasteiger partial charge in [-0.1, -0.05) is 84.9 Å². The van der Waals surface area contributed by atoms with E-state index in [1.165, 1.54) is 23.0 Å². The van der Waals surface area contributed by atoms with Crippen molar-refractivity contribution in [1.29, 1.82) is 0 Å². The second-order valence-electron chi connectivity index (χ2n) is 14.3. The Hall–Kier alpha value is -4.96. The highest BCUT2D eigenvalue weighted by molar-refractivity contribution is 5.96. The van der Waals surface area contributed by atoms with Crippen LogP contribution in [-0.2, 0) is 50.6 Å². The summed E-state index contributed by atoms with van der Waals surface area (Å²) in [6.45, 7) is 1.00. The third-order valence-corrected chi connectivity index (χ3v) is 10.5. The summed E-state index contributed by atoms with van der Waals surface area (Å²) in [5.74, 6) is -3.71. The van der Waals surface area contributed by atoms with Crippen LogP contribution in [-0.4, -0.2) is 114 Å². The predicted molar refractivity (Wildman–Crippen MR) is 192 cm³/mol. The molecular formula is C40H44N4O10. The molecular weight excluding hydrogens is 696 g/mol. The highest BCUT2D eigenvalue weighted by Crippen LogP contribution is 2.59. The van der Waals surface area contributed by atoms with E-state index in [-0.39, 0.29) is 32.0 Å². The minimum absolute atomic E-state index is 0.0188. The van der Waals surface area contributed by atoms with Gasteiger partial charge in [0.05, 0.1) is 19.3 Å². The molecule has 3 aliphatic heterocycles. The molecule has 7 rings (SSSR count). The van der Waals surface area contributed by atoms with Crippen molar-refractivity contribution in [2.75, 3.05) is 27.2 Å². The highest BCUT2D eigenvalue weighted by atomic mass is 16.8. The van der Waals surface area contributed by atoms with Crippen molar-refractivity contribution < 1.29 is 48.4 Å². The monoisotopic (exact) mass is 740 g/mol. The van der Waals surface area contributed by atoms with Crippen LogP contribution in [0.5, 0.6) is 0 Å². The normalized spacial score (nSPS) is 27.8. The molecule has 2 bridgehead atoms. The van der Waals surface area contributed by atoms with Crippen molar-refractivity contribution in [2.45, 2.75) is 68.3 Å². The largest absolute Gasteiger partial charge is 0.458 e. The molecule has 3 saturated heterocycles. The van der Waals surface area contributed by atoms with Gasteiger partial charge in [-0.2, -0.15) is 5.06 Å². The number of rotatable bonds is 12. The van der Waals surface area contributed by atoms with Crippen LogP contribution in [0.25, 0.3) is 6.08 Å². The van der Waals surface area contributed by atoms with Crippen LogP contribution in [0.2, 0.25) is 0 Å². The molecule has 0 unspecified atom stereocenters. The Balaban J connectivity index is 1.27. The van der Waals surface area contributed by atoms with E-state index in [0.29, 0.717) is 11.1 Å². The Kier molecular flexibility index (Phi) is 10.4. The van der Waals surface area contributed by atoms with E-state index >= 15 is 0 Å². The number of amides is 3. The molecule has 1 saturated carbocycles. The van der Waals surface area contributed by atoms with Gasteiger partial charge in [0.1, 0.15) is 35.9 Å². The number of carbonyl (C=O) groups is 4. The van der Waals surface area contributed by atoms with Crippen LogP contribution < -0.4 is 10.6 Å². The predicted octanol–water partition coefficient (Wildman–Crippen LogP) is 1.25. The fraction of sp³-hybridized carbons (Fsp3) is 0.400. The minimum Gasteiger partial charge on any atom is -0.458 e. The Morgan fingerprint density at radius 3 is 2.19 bits per heavy atom. The number of likely N-dealkylation sites (N-methyl/N-ethyl adjacent to an activating group) is 1. The molecule has 3 aromatic carbocycles. The summed E-state index contributed by atoms with van der Waals surface area (Å²) >= 11 is 0. The number of fused-ring (bicyclic) bond motifs is 4. The van der Waals surface area contributed by atoms with Gasteiger partial charge in [-0.25, -0.2) is 0 Å². The van der Waals surface area contributed by atoms with Crippen molar-refractivity contribution in [2.24, 2.45) is 5.41 Å². The van der Waals surface area contributed by atoms with Crippen LogP contribution in [0.15, 0.2) is 91.0 Å². The third-order valence-electron chi connectivity index (χ3n) is 10.5. The number of aliphatic hydroxyl groups excluding tert-OH is 2. The Labute approximate surface area is 312 Å². The Bertz CT molecular complexity index is 1850. The first-order chi connectivity index (χ1) is 26.0. The summed E-state index contributed by atoms with van der Waals surface area (Å²) in [6.07, 6.45) is -1.99. The number of carbonyl (C=O) groups excluding carboxylic acids is 4. The van der Waals surface area contributed by atoms with E-state index in [1.54, 1.807) is 20.2 Å². The van der Waals surface area contributed by atoms with E-state index in [2.05, 4.69) is 10.6 Å². The molecule has 284 valence electrons. The van der Waals surface area contributed by atoms with Crippen LogP contribution in [0.1, 0.15) is 35.6 Å². The summed E-state index contributed by atoms with van der Waals surface area (Å²) in [4.78, 5) is 62.4. The van der Waals surface area contributed by atoms with Gasteiger partial charge in [0.15, 0.2) is 6.04 Å². The zero-order chi connectivity index (χ0) is 38.2. The van der Waals surface area contributed by atoms with E-state index in [0.717, 1.165) is 11.1 Å². The van der Waals surface area contributed by atoms with E-state index in [1.807, 2.05) is 84.9 Å². The fourth-order valence-corrected chi connectivity index (χ4v) is 7.89. The van der Waals surface area contributed by atoms with Gasteiger partial charge in [0.25, 0.3) is 0 Å². The molecule has 3 aromatic rings. The molecule has 4 aliphatic rings. The lowest BCUT2D eigenvalue weighted by molar-refractivity contribution is -0.213. The first-order valence-electron chi connectivity index (χ1n) is 17.9. The lowest BCUT2D eigenvalue weighted by atomic mass is 9.62. The van der Waals surface area contributed by atoms with E-state index in [4.69, 9.17) is 19.0 Å². The van der Waals surface area contributed by atoms with Gasteiger partial charge < -0.3 is 40.0 Å². The lowest BCUT2D eigenvalue weighted by Gasteiger charge is -2.49. The highest BCUT2D eigenvalue weighted by Gasteiger charge is 2.76. The number of hydrogen-bond donors (Lipinski definition) is 4. The zero-order valence-corrected chi connectivity index (χ0v) is 30.2. The lowest BCUT2D eigenvalue weighted by Crippen LogP contribution is -2.71. The molecule has 3 heterocycles. The maximum atomic E-state index is 14.8. The second-order valence-corrected chi connectivity index (χ2v) is 14.3. The van der Waals surface area contributed by atoms with E-state index < -0.39 is 71.6 Å². The molecule has 8 atom stereocenters. The summed E-state index contributed by atoms with van der Waals surface area (Å²) < 4.78 is 20.0. The van der Waals surface area contributed by atoms with Crippen molar-refractivity contribution in [3.8, 4) is 0 Å². The van der Waals surface area contributed by atoms with Crippen LogP contribution in [0.4, 0.5) is 0 Å². The van der Waals surface area contributed by atoms with Crippen molar-refractivity contribution in [3.63, 3.8) is 0 Å². The van der Waals surface area contributed by atoms with Crippen molar-refractivity contribution in [1.82, 2.24) is 20.6 Å². The number of nitrogens with one attached hydrogen (secondary N) is 2. The maximum Gasteiger partial charge on any atom is 0.327 e.